The number of aromatic carboxylic acids is 1. The fourth-order valence-electron chi connectivity index (χ4n) is 2.04. The van der Waals surface area contributed by atoms with E-state index in [4.69, 9.17) is 37.4 Å². The van der Waals surface area contributed by atoms with Crippen LogP contribution in [0.2, 0.25) is 8.67 Å². The third-order valence-corrected chi connectivity index (χ3v) is 6.36. The first kappa shape index (κ1) is 21.6. The van der Waals surface area contributed by atoms with Crippen LogP contribution in [-0.2, 0) is 14.8 Å². The van der Waals surface area contributed by atoms with Crippen LogP contribution >= 0.6 is 34.5 Å². The summed E-state index contributed by atoms with van der Waals surface area (Å²) in [4.78, 5) is 11.3. The van der Waals surface area contributed by atoms with Gasteiger partial charge in [-0.15, -0.1) is 11.3 Å². The lowest BCUT2D eigenvalue weighted by molar-refractivity contribution is 0.0697. The first-order chi connectivity index (χ1) is 12.7. The molecule has 2 N–H and O–H groups in total. The molecule has 0 fully saturated rings. The molecule has 0 radical (unpaired) electrons. The Morgan fingerprint density at radius 1 is 1.19 bits per heavy atom. The van der Waals surface area contributed by atoms with E-state index in [2.05, 4.69) is 4.72 Å². The predicted octanol–water partition coefficient (Wildman–Crippen LogP) is 3.59. The Morgan fingerprint density at radius 2 is 1.89 bits per heavy atom. The average Bonchev–Trinajstić information content (AvgIpc) is 2.94. The Balaban J connectivity index is 2.48. The van der Waals surface area contributed by atoms with Crippen molar-refractivity contribution in [2.75, 3.05) is 32.2 Å². The second-order valence-corrected chi connectivity index (χ2v) is 8.93. The van der Waals surface area contributed by atoms with Crippen LogP contribution in [-0.4, -0.2) is 46.9 Å². The molecule has 2 aromatic rings. The normalized spacial score (nSPS) is 11.3. The van der Waals surface area contributed by atoms with E-state index >= 15 is 0 Å². The molecule has 0 bridgehead atoms. The molecule has 0 saturated heterocycles. The van der Waals surface area contributed by atoms with Crippen molar-refractivity contribution in [3.63, 3.8) is 0 Å². The zero-order chi connectivity index (χ0) is 20.2. The SMILES string of the molecule is COCCOc1cc(NS(=O)(=O)c2cc(Cl)sc2Cl)c(C(=O)O)cc1OC. The molecule has 0 amide bonds. The summed E-state index contributed by atoms with van der Waals surface area (Å²) in [6.45, 7) is 0.422. The van der Waals surface area contributed by atoms with Crippen molar-refractivity contribution in [3.8, 4) is 11.5 Å². The quantitative estimate of drug-likeness (QED) is 0.555. The largest absolute Gasteiger partial charge is 0.493 e. The smallest absolute Gasteiger partial charge is 0.337 e. The van der Waals surface area contributed by atoms with Crippen molar-refractivity contribution in [1.29, 1.82) is 0 Å². The third kappa shape index (κ3) is 5.17. The number of hydrogen-bond donors (Lipinski definition) is 2. The second-order valence-electron chi connectivity index (χ2n) is 4.99. The highest BCUT2D eigenvalue weighted by atomic mass is 35.5. The molecule has 0 unspecified atom stereocenters. The van der Waals surface area contributed by atoms with E-state index < -0.39 is 16.0 Å². The minimum absolute atomic E-state index is 0.0468. The maximum Gasteiger partial charge on any atom is 0.337 e. The average molecular weight is 456 g/mol. The summed E-state index contributed by atoms with van der Waals surface area (Å²) in [5.74, 6) is -1.08. The molecule has 8 nitrogen and oxygen atoms in total. The number of rotatable bonds is 9. The van der Waals surface area contributed by atoms with Gasteiger partial charge in [0.25, 0.3) is 10.0 Å². The van der Waals surface area contributed by atoms with Gasteiger partial charge in [0.1, 0.15) is 15.8 Å². The molecule has 0 aliphatic heterocycles. The van der Waals surface area contributed by atoms with Crippen LogP contribution in [0.4, 0.5) is 5.69 Å². The number of sulfonamides is 1. The van der Waals surface area contributed by atoms with Crippen LogP contribution in [0.25, 0.3) is 0 Å². The van der Waals surface area contributed by atoms with Crippen molar-refractivity contribution < 1.29 is 32.5 Å². The van der Waals surface area contributed by atoms with Crippen LogP contribution in [0, 0.1) is 0 Å². The maximum absolute atomic E-state index is 12.6. The number of methoxy groups -OCH3 is 2. The minimum Gasteiger partial charge on any atom is -0.493 e. The summed E-state index contributed by atoms with van der Waals surface area (Å²) in [6.07, 6.45) is 0. The molecule has 0 aliphatic rings. The van der Waals surface area contributed by atoms with Crippen LogP contribution in [0.1, 0.15) is 10.4 Å². The molecule has 1 heterocycles. The Hall–Kier alpha value is -1.72. The molecule has 2 rings (SSSR count). The Bertz CT molecular complexity index is 944. The van der Waals surface area contributed by atoms with Crippen molar-refractivity contribution in [2.45, 2.75) is 4.90 Å². The van der Waals surface area contributed by atoms with Gasteiger partial charge in [0, 0.05) is 19.2 Å². The van der Waals surface area contributed by atoms with Gasteiger partial charge >= 0.3 is 5.97 Å². The number of carbonyl (C=O) groups is 1. The Labute approximate surface area is 169 Å². The summed E-state index contributed by atoms with van der Waals surface area (Å²) in [6, 6.07) is 3.55. The fourth-order valence-corrected chi connectivity index (χ4v) is 5.26. The topological polar surface area (TPSA) is 111 Å². The van der Waals surface area contributed by atoms with E-state index in [9.17, 15) is 18.3 Å². The number of ether oxygens (including phenoxy) is 3. The lowest BCUT2D eigenvalue weighted by atomic mass is 10.1. The lowest BCUT2D eigenvalue weighted by Gasteiger charge is -2.15. The molecular weight excluding hydrogens is 441 g/mol. The Morgan fingerprint density at radius 3 is 2.41 bits per heavy atom. The van der Waals surface area contributed by atoms with Gasteiger partial charge in [-0.25, -0.2) is 13.2 Å². The van der Waals surface area contributed by atoms with Crippen molar-refractivity contribution >= 4 is 56.2 Å². The van der Waals surface area contributed by atoms with Crippen LogP contribution in [0.3, 0.4) is 0 Å². The second kappa shape index (κ2) is 8.98. The standard InChI is InChI=1S/C15H15Cl2NO7S2/c1-23-3-4-25-11-6-9(8(15(19)20)5-10(11)24-2)18-27(21,22)12-7-13(16)26-14(12)17/h5-7,18H,3-4H2,1-2H3,(H,19,20). The first-order valence-electron chi connectivity index (χ1n) is 7.24. The monoisotopic (exact) mass is 455 g/mol. The van der Waals surface area contributed by atoms with E-state index in [0.717, 1.165) is 17.4 Å². The van der Waals surface area contributed by atoms with Gasteiger partial charge in [-0.1, -0.05) is 23.2 Å². The van der Waals surface area contributed by atoms with Gasteiger partial charge in [-0.2, -0.15) is 0 Å². The summed E-state index contributed by atoms with van der Waals surface area (Å²) in [5.41, 5.74) is -0.541. The van der Waals surface area contributed by atoms with Gasteiger partial charge < -0.3 is 19.3 Å². The van der Waals surface area contributed by atoms with Crippen molar-refractivity contribution in [3.05, 3.63) is 32.4 Å². The van der Waals surface area contributed by atoms with E-state index in [1.807, 2.05) is 0 Å². The van der Waals surface area contributed by atoms with Gasteiger partial charge in [0.2, 0.25) is 0 Å². The molecule has 27 heavy (non-hydrogen) atoms. The molecule has 0 aliphatic carbocycles. The number of anilines is 1. The van der Waals surface area contributed by atoms with E-state index in [0.29, 0.717) is 0 Å². The van der Waals surface area contributed by atoms with Crippen molar-refractivity contribution in [1.82, 2.24) is 0 Å². The maximum atomic E-state index is 12.6. The number of benzene rings is 1. The molecule has 12 heteroatoms. The fraction of sp³-hybridized carbons (Fsp3) is 0.267. The Kier molecular flexibility index (Phi) is 7.18. The highest BCUT2D eigenvalue weighted by molar-refractivity contribution is 7.93. The lowest BCUT2D eigenvalue weighted by Crippen LogP contribution is -2.16. The zero-order valence-corrected chi connectivity index (χ0v) is 17.3. The highest BCUT2D eigenvalue weighted by Crippen LogP contribution is 2.38. The number of hydrogen-bond acceptors (Lipinski definition) is 7. The molecule has 1 aromatic carbocycles. The van der Waals surface area contributed by atoms with Crippen LogP contribution in [0.5, 0.6) is 11.5 Å². The van der Waals surface area contributed by atoms with Crippen molar-refractivity contribution in [2.24, 2.45) is 0 Å². The number of halogens is 2. The van der Waals surface area contributed by atoms with Gasteiger partial charge in [0.05, 0.1) is 29.3 Å². The van der Waals surface area contributed by atoms with E-state index in [-0.39, 0.29) is 49.5 Å². The zero-order valence-electron chi connectivity index (χ0n) is 14.1. The van der Waals surface area contributed by atoms with E-state index in [1.165, 1.54) is 26.4 Å². The molecular formula is C15H15Cl2NO7S2. The van der Waals surface area contributed by atoms with Crippen LogP contribution in [0.15, 0.2) is 23.1 Å². The summed E-state index contributed by atoms with van der Waals surface area (Å²) in [5, 5.41) is 9.42. The predicted molar refractivity (Wildman–Crippen MR) is 102 cm³/mol. The first-order valence-corrected chi connectivity index (χ1v) is 10.3. The minimum atomic E-state index is -4.18. The molecule has 0 atom stereocenters. The van der Waals surface area contributed by atoms with Gasteiger partial charge in [0.15, 0.2) is 11.5 Å². The number of thiophene rings is 1. The van der Waals surface area contributed by atoms with E-state index in [1.54, 1.807) is 0 Å². The third-order valence-electron chi connectivity index (χ3n) is 3.24. The summed E-state index contributed by atoms with van der Waals surface area (Å²) in [7, 11) is -1.36. The highest BCUT2D eigenvalue weighted by Gasteiger charge is 2.25. The number of carboxylic acid groups (broad SMARTS) is 1. The molecule has 0 spiro atoms. The molecule has 0 saturated carbocycles. The molecule has 148 valence electrons. The molecule has 1 aromatic heterocycles. The summed E-state index contributed by atoms with van der Waals surface area (Å²) < 4.78 is 43.0. The number of carboxylic acids is 1. The summed E-state index contributed by atoms with van der Waals surface area (Å²) >= 11 is 12.6. The number of nitrogens with one attached hydrogen (secondary N) is 1. The van der Waals surface area contributed by atoms with Crippen LogP contribution < -0.4 is 14.2 Å². The van der Waals surface area contributed by atoms with Gasteiger partial charge in [-0.05, 0) is 6.07 Å². The van der Waals surface area contributed by atoms with Gasteiger partial charge in [-0.3, -0.25) is 4.72 Å².